The number of halogens is 2. The largest absolute Gasteiger partial charge is 0.375 e. The fraction of sp³-hybridized carbons (Fsp3) is 0.176. The zero-order valence-electron chi connectivity index (χ0n) is 13.2. The molecule has 0 radical (unpaired) electrons. The van der Waals surface area contributed by atoms with E-state index < -0.39 is 0 Å². The molecule has 2 rings (SSSR count). The van der Waals surface area contributed by atoms with Crippen LogP contribution >= 0.6 is 27.5 Å². The van der Waals surface area contributed by atoms with Crippen LogP contribution < -0.4 is 16.0 Å². The highest BCUT2D eigenvalue weighted by Crippen LogP contribution is 2.23. The van der Waals surface area contributed by atoms with Crippen LogP contribution in [0.15, 0.2) is 40.9 Å². The van der Waals surface area contributed by atoms with Gasteiger partial charge in [0.15, 0.2) is 0 Å². The maximum absolute atomic E-state index is 12.1. The van der Waals surface area contributed by atoms with Crippen LogP contribution in [0.3, 0.4) is 0 Å². The smallest absolute Gasteiger partial charge is 0.251 e. The van der Waals surface area contributed by atoms with Crippen molar-refractivity contribution in [2.24, 2.45) is 0 Å². The third-order valence-corrected chi connectivity index (χ3v) is 4.56. The second kappa shape index (κ2) is 8.17. The van der Waals surface area contributed by atoms with Crippen molar-refractivity contribution in [3.05, 3.63) is 57.0 Å². The third kappa shape index (κ3) is 4.72. The molecule has 5 nitrogen and oxygen atoms in total. The van der Waals surface area contributed by atoms with Crippen molar-refractivity contribution in [3.63, 3.8) is 0 Å². The van der Waals surface area contributed by atoms with E-state index in [4.69, 9.17) is 11.6 Å². The van der Waals surface area contributed by atoms with Crippen molar-refractivity contribution in [3.8, 4) is 0 Å². The van der Waals surface area contributed by atoms with Crippen LogP contribution in [0.2, 0.25) is 5.02 Å². The van der Waals surface area contributed by atoms with Gasteiger partial charge < -0.3 is 16.0 Å². The number of amides is 2. The first-order chi connectivity index (χ1) is 11.4. The van der Waals surface area contributed by atoms with E-state index in [2.05, 4.69) is 31.9 Å². The van der Waals surface area contributed by atoms with Gasteiger partial charge >= 0.3 is 0 Å². The lowest BCUT2D eigenvalue weighted by Crippen LogP contribution is -2.22. The van der Waals surface area contributed by atoms with Crippen molar-refractivity contribution in [2.45, 2.75) is 6.92 Å². The van der Waals surface area contributed by atoms with Gasteiger partial charge in [-0.15, -0.1) is 0 Å². The lowest BCUT2D eigenvalue weighted by molar-refractivity contribution is -0.114. The Balaban J connectivity index is 2.00. The molecule has 0 saturated carbocycles. The quantitative estimate of drug-likeness (QED) is 0.702. The Bertz CT molecular complexity index is 780. The summed E-state index contributed by atoms with van der Waals surface area (Å²) < 4.78 is 0.983. The maximum Gasteiger partial charge on any atom is 0.251 e. The fourth-order valence-electron chi connectivity index (χ4n) is 2.05. The predicted octanol–water partition coefficient (Wildman–Crippen LogP) is 3.82. The molecule has 0 heterocycles. The molecule has 2 aromatic rings. The molecule has 0 saturated heterocycles. The molecule has 126 valence electrons. The Hall–Kier alpha value is -2.05. The molecular formula is C17H17BrClN3O2. The van der Waals surface area contributed by atoms with E-state index >= 15 is 0 Å². The summed E-state index contributed by atoms with van der Waals surface area (Å²) in [6.45, 7) is 1.98. The molecule has 0 aliphatic rings. The molecule has 0 spiro atoms. The van der Waals surface area contributed by atoms with Gasteiger partial charge in [-0.1, -0.05) is 27.5 Å². The lowest BCUT2D eigenvalue weighted by atomic mass is 10.2. The molecule has 0 aromatic heterocycles. The van der Waals surface area contributed by atoms with Gasteiger partial charge in [0.05, 0.1) is 17.3 Å². The van der Waals surface area contributed by atoms with Crippen LogP contribution in [-0.2, 0) is 4.79 Å². The molecule has 3 N–H and O–H groups in total. The molecule has 0 bridgehead atoms. The number of hydrogen-bond acceptors (Lipinski definition) is 3. The summed E-state index contributed by atoms with van der Waals surface area (Å²) in [5.74, 6) is -0.428. The Labute approximate surface area is 153 Å². The normalized spacial score (nSPS) is 10.2. The van der Waals surface area contributed by atoms with Crippen molar-refractivity contribution >= 4 is 50.7 Å². The molecular weight excluding hydrogens is 394 g/mol. The van der Waals surface area contributed by atoms with E-state index in [0.717, 1.165) is 10.0 Å². The minimum atomic E-state index is -0.218. The van der Waals surface area contributed by atoms with E-state index in [1.165, 1.54) is 0 Å². The van der Waals surface area contributed by atoms with Crippen LogP contribution in [0.4, 0.5) is 11.4 Å². The zero-order valence-corrected chi connectivity index (χ0v) is 15.6. The van der Waals surface area contributed by atoms with Gasteiger partial charge in [0.25, 0.3) is 5.91 Å². The van der Waals surface area contributed by atoms with Gasteiger partial charge in [-0.05, 0) is 48.9 Å². The van der Waals surface area contributed by atoms with E-state index in [1.807, 2.05) is 25.1 Å². The first-order valence-corrected chi connectivity index (χ1v) is 8.39. The molecule has 24 heavy (non-hydrogen) atoms. The van der Waals surface area contributed by atoms with Crippen LogP contribution in [0, 0.1) is 6.92 Å². The molecule has 7 heteroatoms. The van der Waals surface area contributed by atoms with E-state index in [-0.39, 0.29) is 18.4 Å². The summed E-state index contributed by atoms with van der Waals surface area (Å²) in [7, 11) is 1.55. The lowest BCUT2D eigenvalue weighted by Gasteiger charge is -2.11. The highest BCUT2D eigenvalue weighted by molar-refractivity contribution is 9.10. The molecule has 0 aliphatic heterocycles. The standard InChI is InChI=1S/C17H17BrClN3O2/c1-10-7-12(4-5-13(10)18)22-16(23)9-21-15-8-11(17(24)20-2)3-6-14(15)19/h3-8,21H,9H2,1-2H3,(H,20,24)(H,22,23). The Morgan fingerprint density at radius 3 is 2.58 bits per heavy atom. The summed E-state index contributed by atoms with van der Waals surface area (Å²) in [5.41, 5.74) is 2.74. The number of anilines is 2. The van der Waals surface area contributed by atoms with E-state index in [9.17, 15) is 9.59 Å². The highest BCUT2D eigenvalue weighted by atomic mass is 79.9. The number of carbonyl (C=O) groups is 2. The second-order valence-electron chi connectivity index (χ2n) is 5.14. The molecule has 0 aliphatic carbocycles. The van der Waals surface area contributed by atoms with Gasteiger partial charge in [0.1, 0.15) is 0 Å². The number of hydrogen-bond donors (Lipinski definition) is 3. The van der Waals surface area contributed by atoms with Crippen LogP contribution in [0.1, 0.15) is 15.9 Å². The predicted molar refractivity (Wildman–Crippen MR) is 101 cm³/mol. The first-order valence-electron chi connectivity index (χ1n) is 7.22. The maximum atomic E-state index is 12.1. The monoisotopic (exact) mass is 409 g/mol. The van der Waals surface area contributed by atoms with Crippen molar-refractivity contribution in [1.29, 1.82) is 0 Å². The minimum absolute atomic E-state index is 0.0338. The van der Waals surface area contributed by atoms with Crippen LogP contribution in [0.25, 0.3) is 0 Å². The van der Waals surface area contributed by atoms with Gasteiger partial charge in [-0.25, -0.2) is 0 Å². The molecule has 2 aromatic carbocycles. The topological polar surface area (TPSA) is 70.2 Å². The van der Waals surface area contributed by atoms with Gasteiger partial charge in [-0.2, -0.15) is 0 Å². The first kappa shape index (κ1) is 18.3. The third-order valence-electron chi connectivity index (χ3n) is 3.34. The molecule has 0 unspecified atom stereocenters. The Kier molecular flexibility index (Phi) is 6.23. The van der Waals surface area contributed by atoms with E-state index in [1.54, 1.807) is 25.2 Å². The van der Waals surface area contributed by atoms with Gasteiger partial charge in [-0.3, -0.25) is 9.59 Å². The minimum Gasteiger partial charge on any atom is -0.375 e. The summed E-state index contributed by atoms with van der Waals surface area (Å²) in [6, 6.07) is 10.4. The number of carbonyl (C=O) groups excluding carboxylic acids is 2. The summed E-state index contributed by atoms with van der Waals surface area (Å²) in [6.07, 6.45) is 0. The Morgan fingerprint density at radius 1 is 1.17 bits per heavy atom. The fourth-order valence-corrected chi connectivity index (χ4v) is 2.48. The van der Waals surface area contributed by atoms with Crippen LogP contribution in [0.5, 0.6) is 0 Å². The molecule has 0 atom stereocenters. The van der Waals surface area contributed by atoms with Crippen molar-refractivity contribution in [1.82, 2.24) is 5.32 Å². The zero-order chi connectivity index (χ0) is 17.7. The molecule has 0 fully saturated rings. The molecule has 2 amide bonds. The average molecular weight is 411 g/mol. The average Bonchev–Trinajstić information content (AvgIpc) is 2.56. The highest BCUT2D eigenvalue weighted by Gasteiger charge is 2.09. The second-order valence-corrected chi connectivity index (χ2v) is 6.40. The van der Waals surface area contributed by atoms with Gasteiger partial charge in [0.2, 0.25) is 5.91 Å². The SMILES string of the molecule is CNC(=O)c1ccc(Cl)c(NCC(=O)Nc2ccc(Br)c(C)c2)c1. The summed E-state index contributed by atoms with van der Waals surface area (Å²) >= 11 is 9.51. The van der Waals surface area contributed by atoms with Gasteiger partial charge in [0, 0.05) is 22.8 Å². The van der Waals surface area contributed by atoms with E-state index in [0.29, 0.717) is 22.0 Å². The number of benzene rings is 2. The van der Waals surface area contributed by atoms with Crippen molar-refractivity contribution < 1.29 is 9.59 Å². The number of aryl methyl sites for hydroxylation is 1. The summed E-state index contributed by atoms with van der Waals surface area (Å²) in [5, 5.41) is 8.73. The number of rotatable bonds is 5. The van der Waals surface area contributed by atoms with Crippen LogP contribution in [-0.4, -0.2) is 25.4 Å². The Morgan fingerprint density at radius 2 is 1.92 bits per heavy atom. The summed E-state index contributed by atoms with van der Waals surface area (Å²) in [4.78, 5) is 23.7. The van der Waals surface area contributed by atoms with Crippen molar-refractivity contribution in [2.75, 3.05) is 24.2 Å². The number of nitrogens with one attached hydrogen (secondary N) is 3.